The smallest absolute Gasteiger partial charge is 0.124 e. The van der Waals surface area contributed by atoms with Gasteiger partial charge in [0.25, 0.3) is 0 Å². The fourth-order valence-electron chi connectivity index (χ4n) is 6.09. The first-order valence-corrected chi connectivity index (χ1v) is 15.7. The first kappa shape index (κ1) is 25.7. The number of fused-ring (bicyclic) bond motifs is 5. The van der Waals surface area contributed by atoms with Crippen molar-refractivity contribution >= 4 is 54.1 Å². The first-order valence-electron chi connectivity index (χ1n) is 14.8. The van der Waals surface area contributed by atoms with Crippen molar-refractivity contribution in [3.63, 3.8) is 0 Å². The van der Waals surface area contributed by atoms with Crippen LogP contribution in [0.1, 0.15) is 0 Å². The summed E-state index contributed by atoms with van der Waals surface area (Å²) >= 11 is 1.73. The summed E-state index contributed by atoms with van der Waals surface area (Å²) in [5.41, 5.74) is 10.8. The van der Waals surface area contributed by atoms with Gasteiger partial charge in [-0.1, -0.05) is 66.7 Å². The van der Waals surface area contributed by atoms with Crippen LogP contribution in [-0.2, 0) is 0 Å². The molecular formula is C40H24N4S. The number of hydrogen-bond donors (Lipinski definition) is 0. The van der Waals surface area contributed by atoms with Crippen molar-refractivity contribution in [1.29, 1.82) is 0 Å². The molecule has 4 nitrogen and oxygen atoms in total. The maximum Gasteiger partial charge on any atom is 0.124 e. The predicted molar refractivity (Wildman–Crippen MR) is 187 cm³/mol. The fourth-order valence-corrected chi connectivity index (χ4v) is 7.11. The molecule has 210 valence electrons. The van der Waals surface area contributed by atoms with Crippen LogP contribution in [0.15, 0.2) is 146 Å². The van der Waals surface area contributed by atoms with Crippen molar-refractivity contribution in [3.8, 4) is 44.0 Å². The summed E-state index contributed by atoms with van der Waals surface area (Å²) < 4.78 is 1.17. The Morgan fingerprint density at radius 2 is 1.16 bits per heavy atom. The van der Waals surface area contributed by atoms with Gasteiger partial charge in [-0.2, -0.15) is 0 Å². The molecule has 0 radical (unpaired) electrons. The Kier molecular flexibility index (Phi) is 5.96. The summed E-state index contributed by atoms with van der Waals surface area (Å²) in [5, 5.41) is 5.49. The van der Waals surface area contributed by atoms with Crippen molar-refractivity contribution in [1.82, 2.24) is 19.9 Å². The molecule has 0 atom stereocenters. The third-order valence-electron chi connectivity index (χ3n) is 8.41. The molecule has 9 rings (SSSR count). The summed E-state index contributed by atoms with van der Waals surface area (Å²) in [4.78, 5) is 18.8. The fraction of sp³-hybridized carbons (Fsp3) is 0. The van der Waals surface area contributed by atoms with E-state index >= 15 is 0 Å². The van der Waals surface area contributed by atoms with E-state index in [2.05, 4.69) is 113 Å². The number of pyridine rings is 3. The highest BCUT2D eigenvalue weighted by molar-refractivity contribution is 7.21. The minimum absolute atomic E-state index is 0.917. The molecule has 0 N–H and O–H groups in total. The van der Waals surface area contributed by atoms with Crippen LogP contribution in [0.4, 0.5) is 0 Å². The normalized spacial score (nSPS) is 11.6. The minimum atomic E-state index is 0.917. The topological polar surface area (TPSA) is 51.6 Å². The lowest BCUT2D eigenvalue weighted by Gasteiger charge is -2.13. The Morgan fingerprint density at radius 3 is 2.04 bits per heavy atom. The summed E-state index contributed by atoms with van der Waals surface area (Å²) in [7, 11) is 0. The van der Waals surface area contributed by atoms with Gasteiger partial charge in [0, 0.05) is 52.1 Å². The average Bonchev–Trinajstić information content (AvgIpc) is 3.55. The van der Waals surface area contributed by atoms with Crippen LogP contribution < -0.4 is 0 Å². The van der Waals surface area contributed by atoms with E-state index in [0.29, 0.717) is 0 Å². The molecular weight excluding hydrogens is 569 g/mol. The number of nitrogens with zero attached hydrogens (tertiary/aromatic N) is 4. The van der Waals surface area contributed by atoms with E-state index in [1.54, 1.807) is 11.3 Å². The van der Waals surface area contributed by atoms with Crippen LogP contribution >= 0.6 is 11.3 Å². The van der Waals surface area contributed by atoms with E-state index in [0.717, 1.165) is 76.7 Å². The van der Waals surface area contributed by atoms with Crippen LogP contribution in [0.5, 0.6) is 0 Å². The van der Waals surface area contributed by atoms with E-state index < -0.39 is 0 Å². The summed E-state index contributed by atoms with van der Waals surface area (Å²) in [6.07, 6.45) is 7.57. The van der Waals surface area contributed by atoms with Crippen LogP contribution in [0, 0.1) is 0 Å². The molecule has 0 aliphatic rings. The predicted octanol–water partition coefficient (Wildman–Crippen LogP) is 10.6. The molecule has 9 aromatic rings. The van der Waals surface area contributed by atoms with Gasteiger partial charge in [0.2, 0.25) is 0 Å². The standard InChI is InChI=1S/C40H24N4S/c1-2-5-27(6-3-1)40-44-36-13-12-29(22-37(36)45-40)32-19-31(28-10-8-25-14-16-41-23-34(25)17-28)20-33(21-32)35-18-30-11-9-26-7-4-15-42-38(26)39(30)43-24-35/h1-24H. The Balaban J connectivity index is 1.21. The zero-order chi connectivity index (χ0) is 29.7. The minimum Gasteiger partial charge on any atom is -0.264 e. The highest BCUT2D eigenvalue weighted by atomic mass is 32.1. The third kappa shape index (κ3) is 4.62. The van der Waals surface area contributed by atoms with E-state index in [1.807, 2.05) is 43.0 Å². The highest BCUT2D eigenvalue weighted by Crippen LogP contribution is 2.38. The second kappa shape index (κ2) is 10.4. The molecule has 0 saturated heterocycles. The van der Waals surface area contributed by atoms with Crippen molar-refractivity contribution in [3.05, 3.63) is 146 Å². The molecule has 5 heteroatoms. The number of aromatic nitrogens is 4. The molecule has 0 unspecified atom stereocenters. The number of hydrogen-bond acceptors (Lipinski definition) is 5. The molecule has 0 saturated carbocycles. The lowest BCUT2D eigenvalue weighted by Crippen LogP contribution is -1.89. The van der Waals surface area contributed by atoms with E-state index in [9.17, 15) is 0 Å². The Bertz CT molecular complexity index is 2550. The third-order valence-corrected chi connectivity index (χ3v) is 9.47. The van der Waals surface area contributed by atoms with Gasteiger partial charge >= 0.3 is 0 Å². The molecule has 0 bridgehead atoms. The second-order valence-electron chi connectivity index (χ2n) is 11.2. The molecule has 5 aromatic carbocycles. The van der Waals surface area contributed by atoms with Crippen LogP contribution in [0.3, 0.4) is 0 Å². The first-order chi connectivity index (χ1) is 22.2. The summed E-state index contributed by atoms with van der Waals surface area (Å²) in [5.74, 6) is 0. The van der Waals surface area contributed by atoms with Crippen LogP contribution in [-0.4, -0.2) is 19.9 Å². The number of thiazole rings is 1. The zero-order valence-corrected chi connectivity index (χ0v) is 24.9. The molecule has 0 fully saturated rings. The second-order valence-corrected chi connectivity index (χ2v) is 12.3. The summed E-state index contributed by atoms with van der Waals surface area (Å²) in [6, 6.07) is 43.0. The van der Waals surface area contributed by atoms with Gasteiger partial charge in [0.15, 0.2) is 0 Å². The molecule has 0 spiro atoms. The Hall–Kier alpha value is -5.78. The van der Waals surface area contributed by atoms with Crippen molar-refractivity contribution in [2.45, 2.75) is 0 Å². The van der Waals surface area contributed by atoms with Gasteiger partial charge in [0.1, 0.15) is 5.01 Å². The van der Waals surface area contributed by atoms with Crippen LogP contribution in [0.2, 0.25) is 0 Å². The van der Waals surface area contributed by atoms with Crippen molar-refractivity contribution in [2.24, 2.45) is 0 Å². The SMILES string of the molecule is c1ccc(-c2nc3ccc(-c4cc(-c5ccc6ccncc6c5)cc(-c5cnc6c(ccc7cccnc76)c5)c4)cc3s2)cc1. The van der Waals surface area contributed by atoms with Gasteiger partial charge in [-0.3, -0.25) is 15.0 Å². The van der Waals surface area contributed by atoms with Gasteiger partial charge in [0.05, 0.1) is 21.3 Å². The summed E-state index contributed by atoms with van der Waals surface area (Å²) in [6.45, 7) is 0. The van der Waals surface area contributed by atoms with Crippen LogP contribution in [0.25, 0.3) is 86.7 Å². The Morgan fingerprint density at radius 1 is 0.422 bits per heavy atom. The van der Waals surface area contributed by atoms with E-state index in [-0.39, 0.29) is 0 Å². The monoisotopic (exact) mass is 592 g/mol. The van der Waals surface area contributed by atoms with Gasteiger partial charge < -0.3 is 0 Å². The largest absolute Gasteiger partial charge is 0.264 e. The van der Waals surface area contributed by atoms with Gasteiger partial charge in [-0.25, -0.2) is 4.98 Å². The number of benzene rings is 5. The molecule has 0 aliphatic carbocycles. The molecule has 45 heavy (non-hydrogen) atoms. The zero-order valence-electron chi connectivity index (χ0n) is 24.1. The highest BCUT2D eigenvalue weighted by Gasteiger charge is 2.13. The van der Waals surface area contributed by atoms with Crippen molar-refractivity contribution < 1.29 is 0 Å². The number of rotatable bonds is 4. The molecule has 0 aliphatic heterocycles. The van der Waals surface area contributed by atoms with E-state index in [4.69, 9.17) is 9.97 Å². The quantitative estimate of drug-likeness (QED) is 0.191. The maximum absolute atomic E-state index is 4.93. The van der Waals surface area contributed by atoms with Crippen molar-refractivity contribution in [2.75, 3.05) is 0 Å². The lowest BCUT2D eigenvalue weighted by atomic mass is 9.92. The maximum atomic E-state index is 4.93. The molecule has 4 aromatic heterocycles. The lowest BCUT2D eigenvalue weighted by molar-refractivity contribution is 1.36. The molecule has 0 amide bonds. The van der Waals surface area contributed by atoms with Gasteiger partial charge in [-0.05, 0) is 87.8 Å². The molecule has 4 heterocycles. The Labute approximate surface area is 263 Å². The van der Waals surface area contributed by atoms with Gasteiger partial charge in [-0.15, -0.1) is 11.3 Å². The average molecular weight is 593 g/mol. The van der Waals surface area contributed by atoms with E-state index in [1.165, 1.54) is 10.1 Å².